The fourth-order valence-corrected chi connectivity index (χ4v) is 3.00. The Hall–Kier alpha value is -2.50. The van der Waals surface area contributed by atoms with Gasteiger partial charge in [-0.25, -0.2) is 15.0 Å². The molecule has 6 nitrogen and oxygen atoms in total. The number of hydrogen-bond acceptors (Lipinski definition) is 5. The molecule has 0 aromatic carbocycles. The largest absolute Gasteiger partial charge is 0.332 e. The van der Waals surface area contributed by atoms with Crippen LogP contribution in [0.2, 0.25) is 0 Å². The van der Waals surface area contributed by atoms with E-state index in [9.17, 15) is 4.79 Å². The molecule has 1 saturated heterocycles. The quantitative estimate of drug-likeness (QED) is 0.934. The Morgan fingerprint density at radius 2 is 2.12 bits per heavy atom. The zero-order valence-corrected chi connectivity index (χ0v) is 14.4. The molecule has 1 amide bonds. The van der Waals surface area contributed by atoms with E-state index >= 15 is 0 Å². The summed E-state index contributed by atoms with van der Waals surface area (Å²) in [6.07, 6.45) is 3.63. The Balaban J connectivity index is 1.87. The van der Waals surface area contributed by atoms with E-state index in [4.69, 9.17) is 0 Å². The summed E-state index contributed by atoms with van der Waals surface area (Å²) in [6.45, 7) is 6.59. The molecule has 0 radical (unpaired) electrons. The predicted molar refractivity (Wildman–Crippen MR) is 92.8 cm³/mol. The maximum absolute atomic E-state index is 12.4. The molecule has 0 unspecified atom stereocenters. The third-order valence-corrected chi connectivity index (χ3v) is 4.12. The van der Waals surface area contributed by atoms with Crippen LogP contribution in [0.25, 0.3) is 0 Å². The van der Waals surface area contributed by atoms with Gasteiger partial charge in [0.05, 0.1) is 6.04 Å². The van der Waals surface area contributed by atoms with Crippen molar-refractivity contribution in [3.63, 3.8) is 0 Å². The van der Waals surface area contributed by atoms with Gasteiger partial charge in [0.25, 0.3) is 0 Å². The first-order valence-corrected chi connectivity index (χ1v) is 8.38. The van der Waals surface area contributed by atoms with Crippen molar-refractivity contribution >= 4 is 17.5 Å². The number of rotatable bonds is 4. The highest BCUT2D eigenvalue weighted by atomic mass is 16.2. The van der Waals surface area contributed by atoms with Gasteiger partial charge in [0, 0.05) is 30.4 Å². The average Bonchev–Trinajstić information content (AvgIpc) is 3.04. The predicted octanol–water partition coefficient (Wildman–Crippen LogP) is 3.24. The van der Waals surface area contributed by atoms with E-state index in [1.54, 1.807) is 6.20 Å². The third-order valence-electron chi connectivity index (χ3n) is 4.12. The normalized spacial score (nSPS) is 17.3. The van der Waals surface area contributed by atoms with Crippen molar-refractivity contribution in [2.75, 3.05) is 11.9 Å². The zero-order valence-electron chi connectivity index (χ0n) is 14.4. The van der Waals surface area contributed by atoms with Crippen molar-refractivity contribution in [1.82, 2.24) is 19.9 Å². The molecule has 1 fully saturated rings. The minimum Gasteiger partial charge on any atom is -0.332 e. The van der Waals surface area contributed by atoms with Crippen LogP contribution >= 0.6 is 0 Å². The van der Waals surface area contributed by atoms with Crippen LogP contribution in [0.5, 0.6) is 0 Å². The minimum atomic E-state index is -0.0379. The van der Waals surface area contributed by atoms with Crippen LogP contribution in [-0.4, -0.2) is 32.3 Å². The first-order valence-electron chi connectivity index (χ1n) is 8.38. The number of pyridine rings is 1. The lowest BCUT2D eigenvalue weighted by Gasteiger charge is -2.25. The standard InChI is InChI=1S/C18H23N5O/c1-12(2)18(24)23-10-6-7-14(23)17-20-13(3)11-16(22-17)21-15-8-4-5-9-19-15/h4-5,8-9,11-12,14H,6-7,10H2,1-3H3,(H,19,20,21,22)/t14-/m0/s1. The number of likely N-dealkylation sites (tertiary alicyclic amines) is 1. The Morgan fingerprint density at radius 3 is 2.83 bits per heavy atom. The van der Waals surface area contributed by atoms with Gasteiger partial charge in [0.15, 0.2) is 5.82 Å². The van der Waals surface area contributed by atoms with Gasteiger partial charge in [-0.2, -0.15) is 0 Å². The van der Waals surface area contributed by atoms with Crippen LogP contribution in [0.3, 0.4) is 0 Å². The van der Waals surface area contributed by atoms with Gasteiger partial charge in [-0.15, -0.1) is 0 Å². The molecule has 2 aromatic heterocycles. The van der Waals surface area contributed by atoms with E-state index in [0.29, 0.717) is 11.6 Å². The molecule has 0 bridgehead atoms. The van der Waals surface area contributed by atoms with Crippen LogP contribution in [0.1, 0.15) is 44.2 Å². The van der Waals surface area contributed by atoms with E-state index in [0.717, 1.165) is 30.9 Å². The maximum atomic E-state index is 12.4. The summed E-state index contributed by atoms with van der Waals surface area (Å²) in [7, 11) is 0. The SMILES string of the molecule is Cc1cc(Nc2ccccn2)nc([C@@H]2CCCN2C(=O)C(C)C)n1. The van der Waals surface area contributed by atoms with Gasteiger partial charge in [-0.3, -0.25) is 4.79 Å². The summed E-state index contributed by atoms with van der Waals surface area (Å²) in [4.78, 5) is 27.8. The molecule has 1 aliphatic heterocycles. The molecule has 0 aliphatic carbocycles. The molecule has 2 aromatic rings. The highest BCUT2D eigenvalue weighted by Gasteiger charge is 2.33. The fraction of sp³-hybridized carbons (Fsp3) is 0.444. The van der Waals surface area contributed by atoms with Crippen molar-refractivity contribution in [2.24, 2.45) is 5.92 Å². The van der Waals surface area contributed by atoms with Gasteiger partial charge in [0.1, 0.15) is 11.6 Å². The minimum absolute atomic E-state index is 0.0125. The molecule has 0 spiro atoms. The van der Waals surface area contributed by atoms with Crippen molar-refractivity contribution in [3.8, 4) is 0 Å². The van der Waals surface area contributed by atoms with Crippen LogP contribution in [0.15, 0.2) is 30.5 Å². The molecule has 0 saturated carbocycles. The molecule has 1 aliphatic rings. The zero-order chi connectivity index (χ0) is 17.1. The number of carbonyl (C=O) groups excluding carboxylic acids is 1. The molecule has 3 heterocycles. The molecule has 1 atom stereocenters. The number of nitrogens with one attached hydrogen (secondary N) is 1. The van der Waals surface area contributed by atoms with Crippen LogP contribution < -0.4 is 5.32 Å². The number of aromatic nitrogens is 3. The Labute approximate surface area is 142 Å². The lowest BCUT2D eigenvalue weighted by atomic mass is 10.1. The summed E-state index contributed by atoms with van der Waals surface area (Å²) < 4.78 is 0. The second kappa shape index (κ2) is 6.95. The molecule has 1 N–H and O–H groups in total. The van der Waals surface area contributed by atoms with E-state index < -0.39 is 0 Å². The van der Waals surface area contributed by atoms with Gasteiger partial charge >= 0.3 is 0 Å². The molecular formula is C18H23N5O. The lowest BCUT2D eigenvalue weighted by Crippen LogP contribution is -2.34. The first-order chi connectivity index (χ1) is 11.5. The van der Waals surface area contributed by atoms with E-state index in [2.05, 4.69) is 20.3 Å². The monoisotopic (exact) mass is 325 g/mol. The second-order valence-corrected chi connectivity index (χ2v) is 6.44. The summed E-state index contributed by atoms with van der Waals surface area (Å²) >= 11 is 0. The number of carbonyl (C=O) groups is 1. The fourth-order valence-electron chi connectivity index (χ4n) is 3.00. The number of aryl methyl sites for hydroxylation is 1. The molecular weight excluding hydrogens is 302 g/mol. The lowest BCUT2D eigenvalue weighted by molar-refractivity contribution is -0.135. The number of anilines is 2. The van der Waals surface area contributed by atoms with Crippen molar-refractivity contribution in [1.29, 1.82) is 0 Å². The van der Waals surface area contributed by atoms with Crippen molar-refractivity contribution in [2.45, 2.75) is 39.7 Å². The summed E-state index contributed by atoms with van der Waals surface area (Å²) in [5.41, 5.74) is 0.877. The summed E-state index contributed by atoms with van der Waals surface area (Å²) in [5.74, 6) is 2.31. The number of hydrogen-bond donors (Lipinski definition) is 1. The maximum Gasteiger partial charge on any atom is 0.225 e. The average molecular weight is 325 g/mol. The Bertz CT molecular complexity index is 717. The third kappa shape index (κ3) is 3.53. The van der Waals surface area contributed by atoms with Gasteiger partial charge in [-0.05, 0) is 31.9 Å². The summed E-state index contributed by atoms with van der Waals surface area (Å²) in [6, 6.07) is 7.53. The van der Waals surface area contributed by atoms with Crippen molar-refractivity contribution < 1.29 is 4.79 Å². The highest BCUT2D eigenvalue weighted by Crippen LogP contribution is 2.32. The van der Waals surface area contributed by atoms with Gasteiger partial charge in [-0.1, -0.05) is 19.9 Å². The highest BCUT2D eigenvalue weighted by molar-refractivity contribution is 5.78. The smallest absolute Gasteiger partial charge is 0.225 e. The van der Waals surface area contributed by atoms with Gasteiger partial charge < -0.3 is 10.2 Å². The molecule has 24 heavy (non-hydrogen) atoms. The first kappa shape index (κ1) is 16.4. The molecule has 3 rings (SSSR count). The van der Waals surface area contributed by atoms with Crippen LogP contribution in [-0.2, 0) is 4.79 Å². The van der Waals surface area contributed by atoms with Crippen LogP contribution in [0.4, 0.5) is 11.6 Å². The summed E-state index contributed by atoms with van der Waals surface area (Å²) in [5, 5.41) is 3.21. The molecule has 6 heteroatoms. The van der Waals surface area contributed by atoms with Crippen LogP contribution in [0, 0.1) is 12.8 Å². The Morgan fingerprint density at radius 1 is 1.29 bits per heavy atom. The molecule has 126 valence electrons. The van der Waals surface area contributed by atoms with Gasteiger partial charge in [0.2, 0.25) is 5.91 Å². The number of nitrogens with zero attached hydrogens (tertiary/aromatic N) is 4. The van der Waals surface area contributed by atoms with E-state index in [-0.39, 0.29) is 17.9 Å². The van der Waals surface area contributed by atoms with E-state index in [1.165, 1.54) is 0 Å². The second-order valence-electron chi connectivity index (χ2n) is 6.44. The number of amides is 1. The van der Waals surface area contributed by atoms with Crippen molar-refractivity contribution in [3.05, 3.63) is 42.0 Å². The topological polar surface area (TPSA) is 71.0 Å². The Kier molecular flexibility index (Phi) is 4.74. The van der Waals surface area contributed by atoms with E-state index in [1.807, 2.05) is 49.9 Å².